The summed E-state index contributed by atoms with van der Waals surface area (Å²) in [5.41, 5.74) is 2.59. The molecule has 3 rings (SSSR count). The number of anilines is 1. The summed E-state index contributed by atoms with van der Waals surface area (Å²) in [6.45, 7) is 2.67. The lowest BCUT2D eigenvalue weighted by atomic mass is 10.1. The van der Waals surface area contributed by atoms with Gasteiger partial charge in [0, 0.05) is 29.1 Å². The van der Waals surface area contributed by atoms with Gasteiger partial charge in [0.2, 0.25) is 5.91 Å². The van der Waals surface area contributed by atoms with Crippen molar-refractivity contribution in [2.24, 2.45) is 5.92 Å². The Morgan fingerprint density at radius 1 is 1.22 bits per heavy atom. The number of nitrogens with one attached hydrogen (secondary N) is 1. The highest BCUT2D eigenvalue weighted by molar-refractivity contribution is 7.10. The summed E-state index contributed by atoms with van der Waals surface area (Å²) in [5, 5.41) is 4.92. The van der Waals surface area contributed by atoms with E-state index in [1.54, 1.807) is 40.5 Å². The highest BCUT2D eigenvalue weighted by Gasteiger charge is 2.29. The first-order valence-electron chi connectivity index (χ1n) is 7.74. The third kappa shape index (κ3) is 3.79. The van der Waals surface area contributed by atoms with Gasteiger partial charge in [0.1, 0.15) is 0 Å². The Kier molecular flexibility index (Phi) is 4.48. The van der Waals surface area contributed by atoms with E-state index in [4.69, 9.17) is 0 Å². The van der Waals surface area contributed by atoms with Crippen LogP contribution in [-0.2, 0) is 11.3 Å². The van der Waals surface area contributed by atoms with Crippen LogP contribution in [0.4, 0.5) is 5.69 Å². The second-order valence-electron chi connectivity index (χ2n) is 6.03. The summed E-state index contributed by atoms with van der Waals surface area (Å²) in [5.74, 6) is 0.240. The molecule has 0 aliphatic heterocycles. The van der Waals surface area contributed by atoms with E-state index >= 15 is 0 Å². The maximum Gasteiger partial charge on any atom is 0.253 e. The first-order chi connectivity index (χ1) is 11.0. The Hall–Kier alpha value is -2.14. The van der Waals surface area contributed by atoms with Crippen LogP contribution in [0.2, 0.25) is 0 Å². The van der Waals surface area contributed by atoms with E-state index in [9.17, 15) is 9.59 Å². The molecule has 120 valence electrons. The van der Waals surface area contributed by atoms with Crippen molar-refractivity contribution >= 4 is 28.8 Å². The van der Waals surface area contributed by atoms with Crippen LogP contribution in [0.15, 0.2) is 35.7 Å². The van der Waals surface area contributed by atoms with Gasteiger partial charge < -0.3 is 10.2 Å². The highest BCUT2D eigenvalue weighted by atomic mass is 32.1. The molecule has 2 aromatic rings. The monoisotopic (exact) mass is 328 g/mol. The topological polar surface area (TPSA) is 49.4 Å². The first-order valence-corrected chi connectivity index (χ1v) is 8.62. The minimum absolute atomic E-state index is 0.0159. The summed E-state index contributed by atoms with van der Waals surface area (Å²) in [4.78, 5) is 27.1. The summed E-state index contributed by atoms with van der Waals surface area (Å²) < 4.78 is 0. The molecule has 1 heterocycles. The van der Waals surface area contributed by atoms with Crippen molar-refractivity contribution < 1.29 is 9.59 Å². The molecule has 23 heavy (non-hydrogen) atoms. The number of amides is 2. The third-order valence-corrected chi connectivity index (χ3v) is 5.05. The van der Waals surface area contributed by atoms with Crippen molar-refractivity contribution in [1.82, 2.24) is 4.90 Å². The van der Waals surface area contributed by atoms with Crippen molar-refractivity contribution in [2.75, 3.05) is 12.4 Å². The average Bonchev–Trinajstić information content (AvgIpc) is 3.32. The highest BCUT2D eigenvalue weighted by Crippen LogP contribution is 2.30. The van der Waals surface area contributed by atoms with Gasteiger partial charge in [-0.1, -0.05) is 0 Å². The molecule has 4 nitrogen and oxygen atoms in total. The van der Waals surface area contributed by atoms with Crippen LogP contribution in [-0.4, -0.2) is 23.8 Å². The molecule has 0 unspecified atom stereocenters. The molecule has 0 bridgehead atoms. The lowest BCUT2D eigenvalue weighted by Crippen LogP contribution is -2.26. The van der Waals surface area contributed by atoms with Crippen LogP contribution in [0.25, 0.3) is 0 Å². The van der Waals surface area contributed by atoms with Crippen LogP contribution in [0.3, 0.4) is 0 Å². The summed E-state index contributed by atoms with van der Waals surface area (Å²) in [7, 11) is 1.81. The molecular formula is C18H20N2O2S. The zero-order chi connectivity index (χ0) is 16.4. The number of hydrogen-bond donors (Lipinski definition) is 1. The van der Waals surface area contributed by atoms with Crippen molar-refractivity contribution in [3.8, 4) is 0 Å². The molecule has 0 atom stereocenters. The molecule has 0 radical (unpaired) electrons. The van der Waals surface area contributed by atoms with Crippen molar-refractivity contribution in [2.45, 2.75) is 26.3 Å². The zero-order valence-electron chi connectivity index (χ0n) is 13.3. The predicted octanol–water partition coefficient (Wildman–Crippen LogP) is 3.68. The molecule has 2 amide bonds. The lowest BCUT2D eigenvalue weighted by molar-refractivity contribution is -0.117. The maximum absolute atomic E-state index is 12.5. The standard InChI is InChI=1S/C18H20N2O2S/c1-12-9-10-23-16(12)11-20(2)18(22)14-5-7-15(8-6-14)19-17(21)13-3-4-13/h5-10,13H,3-4,11H2,1-2H3,(H,19,21). The van der Waals surface area contributed by atoms with Crippen molar-refractivity contribution in [1.29, 1.82) is 0 Å². The lowest BCUT2D eigenvalue weighted by Gasteiger charge is -2.17. The van der Waals surface area contributed by atoms with Crippen LogP contribution >= 0.6 is 11.3 Å². The Bertz CT molecular complexity index is 717. The van der Waals surface area contributed by atoms with Crippen LogP contribution in [0, 0.1) is 12.8 Å². The molecule has 1 saturated carbocycles. The van der Waals surface area contributed by atoms with Gasteiger partial charge in [-0.3, -0.25) is 9.59 Å². The molecule has 1 aliphatic carbocycles. The van der Waals surface area contributed by atoms with E-state index in [0.717, 1.165) is 18.5 Å². The zero-order valence-corrected chi connectivity index (χ0v) is 14.2. The minimum Gasteiger partial charge on any atom is -0.337 e. The van der Waals surface area contributed by atoms with Gasteiger partial charge in [0.05, 0.1) is 6.54 Å². The number of nitrogens with zero attached hydrogens (tertiary/aromatic N) is 1. The third-order valence-electron chi connectivity index (χ3n) is 4.04. The normalized spacial score (nSPS) is 13.7. The van der Waals surface area contributed by atoms with Crippen LogP contribution in [0.5, 0.6) is 0 Å². The maximum atomic E-state index is 12.5. The molecular weight excluding hydrogens is 308 g/mol. The summed E-state index contributed by atoms with van der Waals surface area (Å²) in [6, 6.07) is 9.18. The number of carbonyl (C=O) groups is 2. The molecule has 1 fully saturated rings. The minimum atomic E-state index is -0.0159. The van der Waals surface area contributed by atoms with E-state index in [-0.39, 0.29) is 17.7 Å². The van der Waals surface area contributed by atoms with Gasteiger partial charge in [0.15, 0.2) is 0 Å². The van der Waals surface area contributed by atoms with Crippen LogP contribution in [0.1, 0.15) is 33.6 Å². The Balaban J connectivity index is 1.62. The van der Waals surface area contributed by atoms with Gasteiger partial charge in [-0.15, -0.1) is 11.3 Å². The van der Waals surface area contributed by atoms with Crippen molar-refractivity contribution in [3.05, 3.63) is 51.7 Å². The second kappa shape index (κ2) is 6.54. The van der Waals surface area contributed by atoms with Gasteiger partial charge in [-0.05, 0) is 61.0 Å². The molecule has 1 aromatic heterocycles. The fourth-order valence-corrected chi connectivity index (χ4v) is 3.32. The molecule has 5 heteroatoms. The van der Waals surface area contributed by atoms with Gasteiger partial charge >= 0.3 is 0 Å². The Morgan fingerprint density at radius 3 is 2.48 bits per heavy atom. The Labute approximate surface area is 140 Å². The molecule has 1 N–H and O–H groups in total. The van der Waals surface area contributed by atoms with E-state index < -0.39 is 0 Å². The number of aryl methyl sites for hydroxylation is 1. The molecule has 1 aromatic carbocycles. The average molecular weight is 328 g/mol. The quantitative estimate of drug-likeness (QED) is 0.910. The second-order valence-corrected chi connectivity index (χ2v) is 7.03. The smallest absolute Gasteiger partial charge is 0.253 e. The largest absolute Gasteiger partial charge is 0.337 e. The van der Waals surface area contributed by atoms with E-state index in [1.807, 2.05) is 12.4 Å². The number of thiophene rings is 1. The first kappa shape index (κ1) is 15.7. The van der Waals surface area contributed by atoms with E-state index in [2.05, 4.69) is 18.3 Å². The summed E-state index contributed by atoms with van der Waals surface area (Å²) >= 11 is 1.67. The SMILES string of the molecule is Cc1ccsc1CN(C)C(=O)c1ccc(NC(=O)C2CC2)cc1. The van der Waals surface area contributed by atoms with Gasteiger partial charge in [-0.25, -0.2) is 0 Å². The van der Waals surface area contributed by atoms with E-state index in [1.165, 1.54) is 10.4 Å². The molecule has 1 aliphatic rings. The molecule has 0 saturated heterocycles. The number of carbonyl (C=O) groups excluding carboxylic acids is 2. The fraction of sp³-hybridized carbons (Fsp3) is 0.333. The van der Waals surface area contributed by atoms with Crippen molar-refractivity contribution in [3.63, 3.8) is 0 Å². The number of hydrogen-bond acceptors (Lipinski definition) is 3. The van der Waals surface area contributed by atoms with Crippen LogP contribution < -0.4 is 5.32 Å². The predicted molar refractivity (Wildman–Crippen MR) is 92.6 cm³/mol. The molecule has 0 spiro atoms. The Morgan fingerprint density at radius 2 is 1.91 bits per heavy atom. The number of rotatable bonds is 5. The summed E-state index contributed by atoms with van der Waals surface area (Å²) in [6.07, 6.45) is 1.96. The van der Waals surface area contributed by atoms with Gasteiger partial charge in [-0.2, -0.15) is 0 Å². The fourth-order valence-electron chi connectivity index (χ4n) is 2.36. The van der Waals surface area contributed by atoms with E-state index in [0.29, 0.717) is 12.1 Å². The van der Waals surface area contributed by atoms with Gasteiger partial charge in [0.25, 0.3) is 5.91 Å². The number of benzene rings is 1.